The second kappa shape index (κ2) is 6.05. The zero-order chi connectivity index (χ0) is 15.6. The van der Waals surface area contributed by atoms with E-state index in [1.165, 1.54) is 27.8 Å². The summed E-state index contributed by atoms with van der Waals surface area (Å²) in [5.41, 5.74) is 7.20. The Hall–Kier alpha value is -1.56. The minimum absolute atomic E-state index is 0.215. The Bertz CT molecular complexity index is 595. The Balaban J connectivity index is 2.38. The smallest absolute Gasteiger partial charge is 0.0132 e. The lowest BCUT2D eigenvalue weighted by Gasteiger charge is -2.20. The first kappa shape index (κ1) is 15.8. The van der Waals surface area contributed by atoms with E-state index < -0.39 is 0 Å². The van der Waals surface area contributed by atoms with Gasteiger partial charge in [-0.25, -0.2) is 0 Å². The molecule has 0 aromatic heterocycles. The van der Waals surface area contributed by atoms with Gasteiger partial charge in [0, 0.05) is 0 Å². The highest BCUT2D eigenvalue weighted by molar-refractivity contribution is 5.68. The lowest BCUT2D eigenvalue weighted by Crippen LogP contribution is -2.10. The Morgan fingerprint density at radius 2 is 1.52 bits per heavy atom. The highest BCUT2D eigenvalue weighted by atomic mass is 14.2. The van der Waals surface area contributed by atoms with Crippen LogP contribution in [0.3, 0.4) is 0 Å². The van der Waals surface area contributed by atoms with Crippen molar-refractivity contribution in [3.8, 4) is 11.1 Å². The van der Waals surface area contributed by atoms with Crippen LogP contribution >= 0.6 is 0 Å². The molecule has 0 aliphatic rings. The summed E-state index contributed by atoms with van der Waals surface area (Å²) >= 11 is 0. The molecule has 0 nitrogen and oxygen atoms in total. The van der Waals surface area contributed by atoms with Crippen LogP contribution in [0.2, 0.25) is 0 Å². The number of rotatable bonds is 3. The van der Waals surface area contributed by atoms with Crippen LogP contribution in [-0.4, -0.2) is 0 Å². The molecule has 0 fully saturated rings. The zero-order valence-electron chi connectivity index (χ0n) is 14.3. The van der Waals surface area contributed by atoms with E-state index in [0.29, 0.717) is 5.92 Å². The monoisotopic (exact) mass is 280 g/mol. The molecule has 21 heavy (non-hydrogen) atoms. The summed E-state index contributed by atoms with van der Waals surface area (Å²) in [5, 5.41) is 0. The minimum Gasteiger partial charge on any atom is -0.0625 e. The van der Waals surface area contributed by atoms with Gasteiger partial charge in [0.05, 0.1) is 0 Å². The molecule has 2 aromatic carbocycles. The third kappa shape index (κ3) is 3.75. The molecule has 0 saturated carbocycles. The van der Waals surface area contributed by atoms with Crippen molar-refractivity contribution in [3.05, 3.63) is 59.2 Å². The molecule has 2 aromatic rings. The fourth-order valence-corrected chi connectivity index (χ4v) is 2.81. The van der Waals surface area contributed by atoms with Crippen molar-refractivity contribution in [2.75, 3.05) is 0 Å². The summed E-state index contributed by atoms with van der Waals surface area (Å²) in [6, 6.07) is 15.8. The van der Waals surface area contributed by atoms with E-state index in [-0.39, 0.29) is 5.41 Å². The van der Waals surface area contributed by atoms with Gasteiger partial charge in [0.2, 0.25) is 0 Å². The van der Waals surface area contributed by atoms with Crippen molar-refractivity contribution in [1.82, 2.24) is 0 Å². The van der Waals surface area contributed by atoms with Gasteiger partial charge in [0.25, 0.3) is 0 Å². The normalized spacial score (nSPS) is 12.0. The Labute approximate surface area is 130 Å². The number of hydrogen-bond donors (Lipinski definition) is 0. The molecule has 0 spiro atoms. The topological polar surface area (TPSA) is 0 Å². The fraction of sp³-hybridized carbons (Fsp3) is 0.429. The van der Waals surface area contributed by atoms with Crippen molar-refractivity contribution < 1.29 is 0 Å². The Morgan fingerprint density at radius 3 is 2.05 bits per heavy atom. The summed E-state index contributed by atoms with van der Waals surface area (Å²) in [6.07, 6.45) is 1.15. The van der Waals surface area contributed by atoms with Crippen LogP contribution < -0.4 is 0 Å². The van der Waals surface area contributed by atoms with Crippen LogP contribution in [0.15, 0.2) is 42.5 Å². The predicted octanol–water partition coefficient (Wildman–Crippen LogP) is 6.16. The molecule has 0 heterocycles. The van der Waals surface area contributed by atoms with Gasteiger partial charge in [-0.2, -0.15) is 0 Å². The average molecular weight is 280 g/mol. The van der Waals surface area contributed by atoms with Crippen LogP contribution in [0.5, 0.6) is 0 Å². The van der Waals surface area contributed by atoms with Gasteiger partial charge in [-0.1, -0.05) is 77.1 Å². The van der Waals surface area contributed by atoms with Crippen LogP contribution in [0.1, 0.15) is 51.3 Å². The first-order valence-corrected chi connectivity index (χ1v) is 7.98. The predicted molar refractivity (Wildman–Crippen MR) is 93.9 cm³/mol. The molecule has 0 N–H and O–H groups in total. The van der Waals surface area contributed by atoms with Crippen LogP contribution in [-0.2, 0) is 11.8 Å². The number of hydrogen-bond acceptors (Lipinski definition) is 0. The summed E-state index contributed by atoms with van der Waals surface area (Å²) in [4.78, 5) is 0. The standard InChI is InChI=1S/C21H28/c1-15(2)14-18-8-7-9-20(16(18)3)17-10-12-19(13-11-17)21(4,5)6/h7-13,15H,14H2,1-6H3. The molecule has 0 aliphatic heterocycles. The van der Waals surface area contributed by atoms with E-state index in [1.807, 2.05) is 0 Å². The lowest BCUT2D eigenvalue weighted by molar-refractivity contribution is 0.590. The summed E-state index contributed by atoms with van der Waals surface area (Å²) in [5.74, 6) is 0.696. The van der Waals surface area contributed by atoms with Crippen molar-refractivity contribution in [2.24, 2.45) is 5.92 Å². The van der Waals surface area contributed by atoms with E-state index in [1.54, 1.807) is 0 Å². The first-order chi connectivity index (χ1) is 9.79. The molecule has 0 bridgehead atoms. The molecule has 0 aliphatic carbocycles. The zero-order valence-corrected chi connectivity index (χ0v) is 14.3. The molecule has 0 saturated heterocycles. The maximum atomic E-state index is 2.28. The molecular weight excluding hydrogens is 252 g/mol. The molecule has 0 heteroatoms. The average Bonchev–Trinajstić information content (AvgIpc) is 2.40. The maximum Gasteiger partial charge on any atom is -0.0132 e. The first-order valence-electron chi connectivity index (χ1n) is 7.98. The molecule has 2 rings (SSSR count). The quantitative estimate of drug-likeness (QED) is 0.631. The van der Waals surface area contributed by atoms with Crippen molar-refractivity contribution in [1.29, 1.82) is 0 Å². The minimum atomic E-state index is 0.215. The molecule has 112 valence electrons. The molecule has 0 atom stereocenters. The van der Waals surface area contributed by atoms with Gasteiger partial charge < -0.3 is 0 Å². The molecule has 0 radical (unpaired) electrons. The van der Waals surface area contributed by atoms with E-state index >= 15 is 0 Å². The van der Waals surface area contributed by atoms with Crippen molar-refractivity contribution in [3.63, 3.8) is 0 Å². The second-order valence-electron chi connectivity index (χ2n) is 7.52. The van der Waals surface area contributed by atoms with Crippen LogP contribution in [0.4, 0.5) is 0 Å². The van der Waals surface area contributed by atoms with Gasteiger partial charge >= 0.3 is 0 Å². The van der Waals surface area contributed by atoms with E-state index in [4.69, 9.17) is 0 Å². The highest BCUT2D eigenvalue weighted by Gasteiger charge is 2.14. The third-order valence-corrected chi connectivity index (χ3v) is 4.14. The molecular formula is C21H28. The Kier molecular flexibility index (Phi) is 4.56. The van der Waals surface area contributed by atoms with Gasteiger partial charge in [-0.3, -0.25) is 0 Å². The summed E-state index contributed by atoms with van der Waals surface area (Å²) < 4.78 is 0. The SMILES string of the molecule is Cc1c(CC(C)C)cccc1-c1ccc(C(C)(C)C)cc1. The van der Waals surface area contributed by atoms with Gasteiger partial charge in [0.15, 0.2) is 0 Å². The highest BCUT2D eigenvalue weighted by Crippen LogP contribution is 2.29. The van der Waals surface area contributed by atoms with Gasteiger partial charge in [-0.15, -0.1) is 0 Å². The van der Waals surface area contributed by atoms with E-state index in [9.17, 15) is 0 Å². The third-order valence-electron chi connectivity index (χ3n) is 4.14. The van der Waals surface area contributed by atoms with Crippen molar-refractivity contribution in [2.45, 2.75) is 53.4 Å². The van der Waals surface area contributed by atoms with Gasteiger partial charge in [-0.05, 0) is 52.5 Å². The maximum absolute atomic E-state index is 2.28. The van der Waals surface area contributed by atoms with Crippen LogP contribution in [0.25, 0.3) is 11.1 Å². The fourth-order valence-electron chi connectivity index (χ4n) is 2.81. The number of benzene rings is 2. The summed E-state index contributed by atoms with van der Waals surface area (Å²) in [7, 11) is 0. The van der Waals surface area contributed by atoms with Crippen molar-refractivity contribution >= 4 is 0 Å². The molecule has 0 amide bonds. The van der Waals surface area contributed by atoms with Gasteiger partial charge in [0.1, 0.15) is 0 Å². The van der Waals surface area contributed by atoms with E-state index in [2.05, 4.69) is 84.0 Å². The second-order valence-corrected chi connectivity index (χ2v) is 7.52. The lowest BCUT2D eigenvalue weighted by atomic mass is 9.85. The largest absolute Gasteiger partial charge is 0.0625 e. The van der Waals surface area contributed by atoms with Crippen LogP contribution in [0, 0.1) is 12.8 Å². The Morgan fingerprint density at radius 1 is 0.905 bits per heavy atom. The summed E-state index contributed by atoms with van der Waals surface area (Å²) in [6.45, 7) is 13.6. The molecule has 0 unspecified atom stereocenters. The van der Waals surface area contributed by atoms with E-state index in [0.717, 1.165) is 6.42 Å².